The number of rotatable bonds is 6. The number of benzene rings is 1. The number of aromatic nitrogens is 1. The lowest BCUT2D eigenvalue weighted by molar-refractivity contribution is 0.0827. The highest BCUT2D eigenvalue weighted by Gasteiger charge is 2.09. The van der Waals surface area contributed by atoms with Crippen LogP contribution in [0.5, 0.6) is 0 Å². The zero-order valence-electron chi connectivity index (χ0n) is 16.5. The molecule has 2 aromatic rings. The second kappa shape index (κ2) is 10.9. The number of carbonyl (C=O) groups excluding carboxylic acids is 1. The smallest absolute Gasteiger partial charge is 0.253 e. The largest absolute Gasteiger partial charge is 0.361 e. The summed E-state index contributed by atoms with van der Waals surface area (Å²) in [5.74, 6) is 1.59. The van der Waals surface area contributed by atoms with Crippen molar-refractivity contribution in [3.05, 3.63) is 52.4 Å². The topological polar surface area (TPSA) is 82.8 Å². The minimum absolute atomic E-state index is 0. The molecule has 0 atom stereocenters. The van der Waals surface area contributed by atoms with Crippen molar-refractivity contribution in [1.29, 1.82) is 0 Å². The molecule has 0 aliphatic rings. The first kappa shape index (κ1) is 22.9. The van der Waals surface area contributed by atoms with E-state index in [1.165, 1.54) is 0 Å². The van der Waals surface area contributed by atoms with Crippen molar-refractivity contribution in [3.63, 3.8) is 0 Å². The minimum atomic E-state index is 0. The van der Waals surface area contributed by atoms with Gasteiger partial charge in [0.05, 0.1) is 5.69 Å². The van der Waals surface area contributed by atoms with Gasteiger partial charge >= 0.3 is 0 Å². The Balaban J connectivity index is 0.00000364. The number of carbonyl (C=O) groups is 1. The molecule has 2 N–H and O–H groups in total. The van der Waals surface area contributed by atoms with Gasteiger partial charge in [-0.2, -0.15) is 0 Å². The molecular weight excluding hydrogens is 457 g/mol. The third kappa shape index (κ3) is 6.53. The fourth-order valence-corrected chi connectivity index (χ4v) is 2.59. The molecule has 0 saturated heterocycles. The van der Waals surface area contributed by atoms with Crippen LogP contribution >= 0.6 is 24.0 Å². The molecule has 0 aliphatic heterocycles. The maximum atomic E-state index is 11.9. The van der Waals surface area contributed by atoms with E-state index in [-0.39, 0.29) is 29.9 Å². The van der Waals surface area contributed by atoms with E-state index in [1.54, 1.807) is 26.0 Å². The second-order valence-electron chi connectivity index (χ2n) is 6.30. The van der Waals surface area contributed by atoms with Crippen LogP contribution in [0, 0.1) is 13.8 Å². The van der Waals surface area contributed by atoms with Crippen LogP contribution in [-0.4, -0.2) is 49.6 Å². The monoisotopic (exact) mass is 485 g/mol. The van der Waals surface area contributed by atoms with Gasteiger partial charge in [-0.15, -0.1) is 24.0 Å². The maximum absolute atomic E-state index is 11.9. The van der Waals surface area contributed by atoms with Crippen molar-refractivity contribution < 1.29 is 9.32 Å². The number of hydrogen-bond acceptors (Lipinski definition) is 4. The molecule has 0 saturated carbocycles. The zero-order chi connectivity index (χ0) is 19.1. The Morgan fingerprint density at radius 3 is 2.37 bits per heavy atom. The van der Waals surface area contributed by atoms with E-state index in [0.717, 1.165) is 41.5 Å². The molecule has 2 rings (SSSR count). The third-order valence-electron chi connectivity index (χ3n) is 4.14. The van der Waals surface area contributed by atoms with Crippen molar-refractivity contribution in [2.75, 3.05) is 27.7 Å². The van der Waals surface area contributed by atoms with E-state index >= 15 is 0 Å². The SMILES string of the molecule is CN=C(NCCc1c(C)noc1C)NCc1ccc(C(=O)N(C)C)cc1.I. The number of nitrogens with zero attached hydrogens (tertiary/aromatic N) is 3. The molecule has 0 aliphatic carbocycles. The lowest BCUT2D eigenvalue weighted by Gasteiger charge is -2.13. The molecule has 0 bridgehead atoms. The van der Waals surface area contributed by atoms with Crippen LogP contribution in [0.1, 0.15) is 32.9 Å². The fourth-order valence-electron chi connectivity index (χ4n) is 2.59. The van der Waals surface area contributed by atoms with Crippen LogP contribution in [0.15, 0.2) is 33.8 Å². The Hall–Kier alpha value is -2.10. The molecule has 0 spiro atoms. The molecule has 0 radical (unpaired) electrons. The third-order valence-corrected chi connectivity index (χ3v) is 4.14. The summed E-state index contributed by atoms with van der Waals surface area (Å²) in [5.41, 5.74) is 3.82. The quantitative estimate of drug-likeness (QED) is 0.374. The minimum Gasteiger partial charge on any atom is -0.361 e. The Morgan fingerprint density at radius 2 is 1.85 bits per heavy atom. The van der Waals surface area contributed by atoms with Crippen LogP contribution in [0.3, 0.4) is 0 Å². The van der Waals surface area contributed by atoms with Gasteiger partial charge in [0, 0.05) is 45.4 Å². The van der Waals surface area contributed by atoms with E-state index in [9.17, 15) is 4.79 Å². The molecular formula is C19H28IN5O2. The molecule has 8 heteroatoms. The van der Waals surface area contributed by atoms with Crippen LogP contribution in [-0.2, 0) is 13.0 Å². The molecule has 1 aromatic heterocycles. The highest BCUT2D eigenvalue weighted by Crippen LogP contribution is 2.12. The van der Waals surface area contributed by atoms with E-state index < -0.39 is 0 Å². The first-order valence-electron chi connectivity index (χ1n) is 8.59. The van der Waals surface area contributed by atoms with Crippen molar-refractivity contribution in [2.45, 2.75) is 26.8 Å². The summed E-state index contributed by atoms with van der Waals surface area (Å²) in [6.45, 7) is 5.23. The van der Waals surface area contributed by atoms with Crippen molar-refractivity contribution >= 4 is 35.8 Å². The van der Waals surface area contributed by atoms with E-state index in [2.05, 4.69) is 20.8 Å². The van der Waals surface area contributed by atoms with E-state index in [0.29, 0.717) is 12.1 Å². The average molecular weight is 485 g/mol. The van der Waals surface area contributed by atoms with Gasteiger partial charge in [-0.05, 0) is 38.0 Å². The molecule has 27 heavy (non-hydrogen) atoms. The Morgan fingerprint density at radius 1 is 1.19 bits per heavy atom. The number of halogens is 1. The van der Waals surface area contributed by atoms with Gasteiger partial charge in [-0.1, -0.05) is 17.3 Å². The van der Waals surface area contributed by atoms with Crippen molar-refractivity contribution in [1.82, 2.24) is 20.7 Å². The molecule has 0 fully saturated rings. The van der Waals surface area contributed by atoms with E-state index in [4.69, 9.17) is 4.52 Å². The lowest BCUT2D eigenvalue weighted by Crippen LogP contribution is -2.37. The second-order valence-corrected chi connectivity index (χ2v) is 6.30. The summed E-state index contributed by atoms with van der Waals surface area (Å²) in [5, 5.41) is 10.5. The molecule has 7 nitrogen and oxygen atoms in total. The van der Waals surface area contributed by atoms with Crippen LogP contribution in [0.2, 0.25) is 0 Å². The van der Waals surface area contributed by atoms with Gasteiger partial charge in [0.25, 0.3) is 5.91 Å². The number of nitrogens with one attached hydrogen (secondary N) is 2. The molecule has 0 unspecified atom stereocenters. The highest BCUT2D eigenvalue weighted by atomic mass is 127. The summed E-state index contributed by atoms with van der Waals surface area (Å²) < 4.78 is 5.17. The Labute approximate surface area is 177 Å². The highest BCUT2D eigenvalue weighted by molar-refractivity contribution is 14.0. The molecule has 148 valence electrons. The molecule has 1 aromatic carbocycles. The van der Waals surface area contributed by atoms with Crippen LogP contribution in [0.4, 0.5) is 0 Å². The first-order chi connectivity index (χ1) is 12.4. The van der Waals surface area contributed by atoms with Gasteiger partial charge in [-0.3, -0.25) is 9.79 Å². The molecule has 1 amide bonds. The zero-order valence-corrected chi connectivity index (χ0v) is 18.8. The number of aryl methyl sites for hydroxylation is 2. The van der Waals surface area contributed by atoms with Crippen molar-refractivity contribution in [3.8, 4) is 0 Å². The van der Waals surface area contributed by atoms with Gasteiger partial charge < -0.3 is 20.1 Å². The Kier molecular flexibility index (Phi) is 9.27. The summed E-state index contributed by atoms with van der Waals surface area (Å²) >= 11 is 0. The number of hydrogen-bond donors (Lipinski definition) is 2. The van der Waals surface area contributed by atoms with Crippen LogP contribution < -0.4 is 10.6 Å². The summed E-state index contributed by atoms with van der Waals surface area (Å²) in [6, 6.07) is 7.57. The molecule has 1 heterocycles. The van der Waals surface area contributed by atoms with Crippen molar-refractivity contribution in [2.24, 2.45) is 4.99 Å². The summed E-state index contributed by atoms with van der Waals surface area (Å²) in [6.07, 6.45) is 0.823. The summed E-state index contributed by atoms with van der Waals surface area (Å²) in [7, 11) is 5.23. The number of aliphatic imine (C=N–C) groups is 1. The van der Waals surface area contributed by atoms with Gasteiger partial charge in [0.1, 0.15) is 5.76 Å². The van der Waals surface area contributed by atoms with Crippen LogP contribution in [0.25, 0.3) is 0 Å². The maximum Gasteiger partial charge on any atom is 0.253 e. The standard InChI is InChI=1S/C19H27N5O2.HI/c1-13-17(14(2)26-23-13)10-11-21-19(20-3)22-12-15-6-8-16(9-7-15)18(25)24(4)5;/h6-9H,10-12H2,1-5H3,(H2,20,21,22);1H. The fraction of sp³-hybridized carbons (Fsp3) is 0.421. The first-order valence-corrected chi connectivity index (χ1v) is 8.59. The predicted molar refractivity (Wildman–Crippen MR) is 118 cm³/mol. The average Bonchev–Trinajstić information content (AvgIpc) is 2.96. The van der Waals surface area contributed by atoms with Gasteiger partial charge in [0.2, 0.25) is 0 Å². The lowest BCUT2D eigenvalue weighted by atomic mass is 10.1. The number of guanidine groups is 1. The van der Waals surface area contributed by atoms with Gasteiger partial charge in [-0.25, -0.2) is 0 Å². The Bertz CT molecular complexity index is 749. The summed E-state index contributed by atoms with van der Waals surface area (Å²) in [4.78, 5) is 17.7. The predicted octanol–water partition coefficient (Wildman–Crippen LogP) is 2.52. The van der Waals surface area contributed by atoms with Gasteiger partial charge in [0.15, 0.2) is 5.96 Å². The normalized spacial score (nSPS) is 10.9. The van der Waals surface area contributed by atoms with E-state index in [1.807, 2.05) is 38.1 Å². The number of amides is 1.